The average molecular weight is 726 g/mol. The molecule has 1 aromatic heterocycles. The van der Waals surface area contributed by atoms with E-state index < -0.39 is 45.9 Å². The minimum absolute atomic E-state index is 0.0453. The number of aromatic amines is 1. The van der Waals surface area contributed by atoms with E-state index in [0.29, 0.717) is 22.1 Å². The maximum Gasteiger partial charge on any atom is 0.345 e. The summed E-state index contributed by atoms with van der Waals surface area (Å²) in [5, 5.41) is 50.7. The van der Waals surface area contributed by atoms with Gasteiger partial charge < -0.3 is 40.8 Å². The number of hydrogen-bond donors (Lipinski definition) is 8. The molecule has 3 atom stereocenters. The van der Waals surface area contributed by atoms with Gasteiger partial charge >= 0.3 is 5.97 Å². The van der Waals surface area contributed by atoms with Crippen LogP contribution in [0.5, 0.6) is 11.5 Å². The number of halogens is 1. The van der Waals surface area contributed by atoms with Gasteiger partial charge in [0.05, 0.1) is 30.2 Å². The lowest BCUT2D eigenvalue weighted by Crippen LogP contribution is -2.36. The Bertz CT molecular complexity index is 2280. The molecule has 1 amide bonds. The van der Waals surface area contributed by atoms with Gasteiger partial charge in [0.15, 0.2) is 0 Å². The number of thiol groups is 1. The Kier molecular flexibility index (Phi) is 10.6. The van der Waals surface area contributed by atoms with E-state index in [-0.39, 0.29) is 52.7 Å². The molecule has 0 fully saturated rings. The molecular weight excluding hydrogens is 690 g/mol. The van der Waals surface area contributed by atoms with E-state index in [9.17, 15) is 34.8 Å². The number of rotatable bonds is 13. The molecule has 268 valence electrons. The van der Waals surface area contributed by atoms with Gasteiger partial charge in [0.1, 0.15) is 17.3 Å². The third-order valence-electron chi connectivity index (χ3n) is 8.85. The maximum atomic E-state index is 15.4. The zero-order valence-electron chi connectivity index (χ0n) is 27.8. The molecular formula is C39H36FN3O8S. The van der Waals surface area contributed by atoms with Crippen molar-refractivity contribution in [1.82, 2.24) is 15.6 Å². The number of amides is 1. The molecule has 0 bridgehead atoms. The van der Waals surface area contributed by atoms with Crippen molar-refractivity contribution < 1.29 is 39.1 Å². The number of carboxylic acid groups (broad SMARTS) is 1. The smallest absolute Gasteiger partial charge is 0.345 e. The Morgan fingerprint density at radius 1 is 1.00 bits per heavy atom. The number of methoxy groups -OCH3 is 1. The molecule has 5 aromatic rings. The standard InChI is InChI=1S/C39H36FN3O8S/c1-51-33-19-29(30(40)18-24(33)20-41-21-32(45)27-12-14-31(44)36-28(27)13-15-35(46)43-36)37(47)42-22-52-16-6-11-34(52)23-7-5-10-26(17-23)39(50,38(48)49)25-8-3-2-4-9-25/h2-19,32,41,44-45,50,52H,20-22H2,1H3,(H,42,47)(H,43,46)(H,48,49)/t32-,39-/m0/s1. The summed E-state index contributed by atoms with van der Waals surface area (Å²) in [4.78, 5) is 40.7. The van der Waals surface area contributed by atoms with Crippen LogP contribution in [0.2, 0.25) is 0 Å². The van der Waals surface area contributed by atoms with E-state index in [2.05, 4.69) is 15.6 Å². The first kappa shape index (κ1) is 36.1. The maximum absolute atomic E-state index is 15.4. The Morgan fingerprint density at radius 3 is 2.52 bits per heavy atom. The van der Waals surface area contributed by atoms with Crippen molar-refractivity contribution in [3.05, 3.63) is 158 Å². The van der Waals surface area contributed by atoms with Crippen LogP contribution < -0.4 is 20.9 Å². The number of phenolic OH excluding ortho intramolecular Hbond substituents is 1. The molecule has 13 heteroatoms. The quantitative estimate of drug-likeness (QED) is 0.0793. The average Bonchev–Trinajstić information content (AvgIpc) is 3.63. The van der Waals surface area contributed by atoms with Crippen LogP contribution in [0.1, 0.15) is 44.3 Å². The van der Waals surface area contributed by atoms with Crippen LogP contribution in [-0.4, -0.2) is 56.8 Å². The SMILES string of the molecule is COc1cc(C(=O)NC[SH]2C=CC=C2c2cccc([C@](O)(C(=O)O)c3ccccc3)c2)c(F)cc1CNC[C@H](O)c1ccc(O)c2[nH]c(=O)ccc12. The number of aromatic hydroxyl groups is 1. The van der Waals surface area contributed by atoms with Gasteiger partial charge in [-0.2, -0.15) is 10.9 Å². The van der Waals surface area contributed by atoms with Gasteiger partial charge in [-0.1, -0.05) is 60.7 Å². The number of pyridine rings is 1. The number of aliphatic hydroxyl groups is 2. The van der Waals surface area contributed by atoms with Crippen molar-refractivity contribution in [2.75, 3.05) is 19.5 Å². The predicted molar refractivity (Wildman–Crippen MR) is 198 cm³/mol. The van der Waals surface area contributed by atoms with Crippen molar-refractivity contribution in [1.29, 1.82) is 0 Å². The van der Waals surface area contributed by atoms with Crippen molar-refractivity contribution >= 4 is 38.6 Å². The number of aliphatic hydroxyl groups excluding tert-OH is 1. The highest BCUT2D eigenvalue weighted by atomic mass is 32.2. The number of H-pyrrole nitrogens is 1. The molecule has 1 aliphatic rings. The van der Waals surface area contributed by atoms with Crippen LogP contribution in [0, 0.1) is 5.82 Å². The monoisotopic (exact) mass is 725 g/mol. The van der Waals surface area contributed by atoms with Gasteiger partial charge in [0, 0.05) is 35.7 Å². The third-order valence-corrected chi connectivity index (χ3v) is 10.9. The zero-order valence-corrected chi connectivity index (χ0v) is 28.7. The number of aliphatic carboxylic acids is 1. The number of hydrogen-bond acceptors (Lipinski definition) is 8. The number of allylic oxidation sites excluding steroid dienone is 2. The van der Waals surface area contributed by atoms with Crippen LogP contribution in [0.4, 0.5) is 4.39 Å². The van der Waals surface area contributed by atoms with E-state index in [0.717, 1.165) is 4.91 Å². The Labute approximate surface area is 300 Å². The second kappa shape index (κ2) is 15.3. The third kappa shape index (κ3) is 7.20. The number of carbonyl (C=O) groups excluding carboxylic acids is 1. The first-order valence-corrected chi connectivity index (χ1v) is 17.8. The molecule has 11 nitrogen and oxygen atoms in total. The van der Waals surface area contributed by atoms with Gasteiger partial charge in [0.25, 0.3) is 5.91 Å². The van der Waals surface area contributed by atoms with E-state index in [1.54, 1.807) is 60.7 Å². The fourth-order valence-corrected chi connectivity index (χ4v) is 7.96. The molecule has 2 heterocycles. The molecule has 0 radical (unpaired) electrons. The van der Waals surface area contributed by atoms with E-state index in [1.807, 2.05) is 17.6 Å². The molecule has 0 aliphatic carbocycles. The molecule has 1 unspecified atom stereocenters. The van der Waals surface area contributed by atoms with Gasteiger partial charge in [-0.05, 0) is 63.4 Å². The van der Waals surface area contributed by atoms with Gasteiger partial charge in [-0.25, -0.2) is 9.18 Å². The first-order valence-electron chi connectivity index (χ1n) is 16.2. The lowest BCUT2D eigenvalue weighted by Gasteiger charge is -2.26. The topological polar surface area (TPSA) is 181 Å². The highest BCUT2D eigenvalue weighted by Crippen LogP contribution is 2.47. The number of aromatic nitrogens is 1. The first-order chi connectivity index (χ1) is 25.0. The number of nitrogens with one attached hydrogen (secondary N) is 3. The van der Waals surface area contributed by atoms with Crippen molar-refractivity contribution in [2.45, 2.75) is 18.2 Å². The number of phenols is 1. The van der Waals surface area contributed by atoms with E-state index in [1.165, 1.54) is 37.4 Å². The van der Waals surface area contributed by atoms with Crippen molar-refractivity contribution in [3.63, 3.8) is 0 Å². The van der Waals surface area contributed by atoms with Crippen LogP contribution in [0.3, 0.4) is 0 Å². The van der Waals surface area contributed by atoms with E-state index >= 15 is 4.39 Å². The Morgan fingerprint density at radius 2 is 1.77 bits per heavy atom. The summed E-state index contributed by atoms with van der Waals surface area (Å²) in [6, 6.07) is 23.1. The van der Waals surface area contributed by atoms with Gasteiger partial charge in [-0.3, -0.25) is 9.59 Å². The predicted octanol–water partition coefficient (Wildman–Crippen LogP) is 4.78. The summed E-state index contributed by atoms with van der Waals surface area (Å²) in [6.45, 7) is 0.139. The molecule has 0 saturated heterocycles. The highest BCUT2D eigenvalue weighted by molar-refractivity contribution is 8.27. The summed E-state index contributed by atoms with van der Waals surface area (Å²) in [6.07, 6.45) is 2.68. The fourth-order valence-electron chi connectivity index (χ4n) is 6.16. The minimum atomic E-state index is -2.27. The number of carboxylic acids is 1. The van der Waals surface area contributed by atoms with Crippen LogP contribution in [0.15, 0.2) is 113 Å². The van der Waals surface area contributed by atoms with Crippen molar-refractivity contribution in [2.24, 2.45) is 0 Å². The lowest BCUT2D eigenvalue weighted by molar-refractivity contribution is -0.155. The summed E-state index contributed by atoms with van der Waals surface area (Å²) < 4.78 is 20.8. The minimum Gasteiger partial charge on any atom is -0.506 e. The molecule has 0 spiro atoms. The number of benzene rings is 4. The van der Waals surface area contributed by atoms with Crippen LogP contribution in [-0.2, 0) is 16.9 Å². The Balaban J connectivity index is 1.11. The second-order valence-corrected chi connectivity index (χ2v) is 14.1. The second-order valence-electron chi connectivity index (χ2n) is 12.1. The zero-order chi connectivity index (χ0) is 37.0. The molecule has 7 N–H and O–H groups in total. The fraction of sp³-hybridized carbons (Fsp3) is 0.154. The molecule has 1 aliphatic heterocycles. The van der Waals surface area contributed by atoms with Gasteiger partial charge in [0.2, 0.25) is 11.2 Å². The number of carbonyl (C=O) groups is 2. The van der Waals surface area contributed by atoms with Crippen LogP contribution >= 0.6 is 10.9 Å². The summed E-state index contributed by atoms with van der Waals surface area (Å²) in [5.41, 5.74) is -0.715. The Hall–Kier alpha value is -5.73. The lowest BCUT2D eigenvalue weighted by atomic mass is 9.85. The molecule has 0 saturated carbocycles. The summed E-state index contributed by atoms with van der Waals surface area (Å²) in [7, 11) is 0.300. The van der Waals surface area contributed by atoms with E-state index in [4.69, 9.17) is 4.74 Å². The van der Waals surface area contributed by atoms with Crippen LogP contribution in [0.25, 0.3) is 15.8 Å². The highest BCUT2D eigenvalue weighted by Gasteiger charge is 2.40. The molecule has 52 heavy (non-hydrogen) atoms. The summed E-state index contributed by atoms with van der Waals surface area (Å²) >= 11 is 0. The molecule has 4 aromatic carbocycles. The number of ether oxygens (including phenoxy) is 1. The largest absolute Gasteiger partial charge is 0.506 e. The normalized spacial score (nSPS) is 16.2. The number of fused-ring (bicyclic) bond motifs is 1. The summed E-state index contributed by atoms with van der Waals surface area (Å²) in [5.74, 6) is -2.53. The molecule has 6 rings (SSSR count). The van der Waals surface area contributed by atoms with Crippen molar-refractivity contribution in [3.8, 4) is 11.5 Å². The van der Waals surface area contributed by atoms with Gasteiger partial charge in [-0.15, -0.1) is 0 Å².